The van der Waals surface area contributed by atoms with Crippen LogP contribution in [0.5, 0.6) is 0 Å². The van der Waals surface area contributed by atoms with Gasteiger partial charge in [0.15, 0.2) is 0 Å². The van der Waals surface area contributed by atoms with Crippen molar-refractivity contribution in [2.75, 3.05) is 0 Å². The number of fused-ring (bicyclic) bond motifs is 1. The highest BCUT2D eigenvalue weighted by Crippen LogP contribution is 2.31. The van der Waals surface area contributed by atoms with Crippen LogP contribution in [0.3, 0.4) is 0 Å². The third-order valence-corrected chi connectivity index (χ3v) is 2.30. The first-order chi connectivity index (χ1) is 7.79. The van der Waals surface area contributed by atoms with E-state index in [4.69, 9.17) is 10.0 Å². The van der Waals surface area contributed by atoms with Crippen LogP contribution in [0, 0.1) is 6.92 Å². The standard InChI is InChI=1S/C9H8BF3N2O2/c1-5-3-15-4-6(10(16)17)2-7(8(15)14-5)9(11,12)13/h2-4,16-17H,1H3. The van der Waals surface area contributed by atoms with Gasteiger partial charge in [0.05, 0.1) is 11.3 Å². The summed E-state index contributed by atoms with van der Waals surface area (Å²) in [5.41, 5.74) is -1.06. The molecule has 0 aromatic carbocycles. The van der Waals surface area contributed by atoms with Crippen molar-refractivity contribution in [3.05, 3.63) is 29.7 Å². The minimum atomic E-state index is -4.59. The molecule has 0 bridgehead atoms. The van der Waals surface area contributed by atoms with Crippen molar-refractivity contribution in [2.24, 2.45) is 0 Å². The molecular weight excluding hydrogens is 236 g/mol. The second-order valence-corrected chi connectivity index (χ2v) is 3.67. The lowest BCUT2D eigenvalue weighted by atomic mass is 9.81. The predicted octanol–water partition coefficient (Wildman–Crippen LogP) is 0.341. The molecule has 0 aliphatic rings. The molecule has 0 aliphatic carbocycles. The van der Waals surface area contributed by atoms with E-state index in [-0.39, 0.29) is 11.1 Å². The van der Waals surface area contributed by atoms with Crippen molar-refractivity contribution < 1.29 is 23.2 Å². The van der Waals surface area contributed by atoms with E-state index in [0.29, 0.717) is 11.8 Å². The summed E-state index contributed by atoms with van der Waals surface area (Å²) in [6.45, 7) is 1.56. The Hall–Kier alpha value is -1.54. The van der Waals surface area contributed by atoms with Crippen molar-refractivity contribution in [2.45, 2.75) is 13.1 Å². The Balaban J connectivity index is 2.78. The van der Waals surface area contributed by atoms with E-state index >= 15 is 0 Å². The molecule has 2 N–H and O–H groups in total. The van der Waals surface area contributed by atoms with Gasteiger partial charge in [-0.3, -0.25) is 0 Å². The van der Waals surface area contributed by atoms with Crippen LogP contribution in [-0.4, -0.2) is 26.6 Å². The number of aryl methyl sites for hydroxylation is 1. The second kappa shape index (κ2) is 3.74. The number of hydrogen-bond donors (Lipinski definition) is 2. The highest BCUT2D eigenvalue weighted by Gasteiger charge is 2.35. The van der Waals surface area contributed by atoms with E-state index in [1.54, 1.807) is 6.92 Å². The number of halogens is 3. The van der Waals surface area contributed by atoms with Gasteiger partial charge in [-0.2, -0.15) is 13.2 Å². The van der Waals surface area contributed by atoms with Crippen LogP contribution in [0.4, 0.5) is 13.2 Å². The van der Waals surface area contributed by atoms with Gasteiger partial charge in [-0.25, -0.2) is 4.98 Å². The molecule has 2 aromatic heterocycles. The fourth-order valence-electron chi connectivity index (χ4n) is 1.59. The van der Waals surface area contributed by atoms with Gasteiger partial charge in [0, 0.05) is 12.4 Å². The van der Waals surface area contributed by atoms with Gasteiger partial charge in [-0.15, -0.1) is 0 Å². The molecule has 0 amide bonds. The van der Waals surface area contributed by atoms with Gasteiger partial charge in [0.2, 0.25) is 0 Å². The molecule has 0 spiro atoms. The summed E-state index contributed by atoms with van der Waals surface area (Å²) >= 11 is 0. The zero-order chi connectivity index (χ0) is 12.8. The molecule has 0 unspecified atom stereocenters. The molecule has 0 radical (unpaired) electrons. The SMILES string of the molecule is Cc1cn2cc(B(O)O)cc(C(F)(F)F)c2n1. The maximum Gasteiger partial charge on any atom is 0.489 e. The first kappa shape index (κ1) is 11.9. The monoisotopic (exact) mass is 244 g/mol. The fraction of sp³-hybridized carbons (Fsp3) is 0.222. The van der Waals surface area contributed by atoms with Crippen LogP contribution >= 0.6 is 0 Å². The first-order valence-electron chi connectivity index (χ1n) is 4.71. The number of pyridine rings is 1. The van der Waals surface area contributed by atoms with Gasteiger partial charge in [0.25, 0.3) is 0 Å². The molecule has 0 saturated carbocycles. The largest absolute Gasteiger partial charge is 0.489 e. The van der Waals surface area contributed by atoms with Gasteiger partial charge in [-0.1, -0.05) is 0 Å². The number of aromatic nitrogens is 2. The van der Waals surface area contributed by atoms with Crippen LogP contribution in [0.1, 0.15) is 11.3 Å². The minimum Gasteiger partial charge on any atom is -0.423 e. The fourth-order valence-corrected chi connectivity index (χ4v) is 1.59. The van der Waals surface area contributed by atoms with E-state index in [2.05, 4.69) is 4.98 Å². The van der Waals surface area contributed by atoms with E-state index in [0.717, 1.165) is 4.40 Å². The van der Waals surface area contributed by atoms with Crippen molar-refractivity contribution in [3.8, 4) is 0 Å². The van der Waals surface area contributed by atoms with Crippen molar-refractivity contribution in [1.82, 2.24) is 9.38 Å². The molecular formula is C9H8BF3N2O2. The highest BCUT2D eigenvalue weighted by atomic mass is 19.4. The molecule has 0 atom stereocenters. The smallest absolute Gasteiger partial charge is 0.423 e. The summed E-state index contributed by atoms with van der Waals surface area (Å²) in [5.74, 6) is 0. The summed E-state index contributed by atoms with van der Waals surface area (Å²) in [7, 11) is -1.96. The van der Waals surface area contributed by atoms with Crippen LogP contribution in [0.2, 0.25) is 0 Å². The quantitative estimate of drug-likeness (QED) is 0.711. The summed E-state index contributed by atoms with van der Waals surface area (Å²) in [4.78, 5) is 3.76. The summed E-state index contributed by atoms with van der Waals surface area (Å²) in [6.07, 6.45) is -2.00. The molecule has 4 nitrogen and oxygen atoms in total. The van der Waals surface area contributed by atoms with Crippen LogP contribution in [-0.2, 0) is 6.18 Å². The third-order valence-electron chi connectivity index (χ3n) is 2.30. The van der Waals surface area contributed by atoms with E-state index < -0.39 is 18.9 Å². The van der Waals surface area contributed by atoms with Crippen LogP contribution in [0.15, 0.2) is 18.5 Å². The lowest BCUT2D eigenvalue weighted by Gasteiger charge is -2.10. The Morgan fingerprint density at radius 2 is 1.94 bits per heavy atom. The Morgan fingerprint density at radius 1 is 1.29 bits per heavy atom. The number of rotatable bonds is 1. The molecule has 0 saturated heterocycles. The second-order valence-electron chi connectivity index (χ2n) is 3.67. The van der Waals surface area contributed by atoms with E-state index in [1.807, 2.05) is 0 Å². The van der Waals surface area contributed by atoms with E-state index in [1.165, 1.54) is 12.4 Å². The summed E-state index contributed by atoms with van der Waals surface area (Å²) in [5, 5.41) is 17.9. The Labute approximate surface area is 94.5 Å². The lowest BCUT2D eigenvalue weighted by Crippen LogP contribution is -2.32. The van der Waals surface area contributed by atoms with Crippen molar-refractivity contribution in [1.29, 1.82) is 0 Å². The lowest BCUT2D eigenvalue weighted by molar-refractivity contribution is -0.136. The maximum atomic E-state index is 12.8. The average Bonchev–Trinajstić information content (AvgIpc) is 2.54. The molecule has 2 aromatic rings. The molecule has 0 aliphatic heterocycles. The number of nitrogens with zero attached hydrogens (tertiary/aromatic N) is 2. The molecule has 17 heavy (non-hydrogen) atoms. The highest BCUT2D eigenvalue weighted by molar-refractivity contribution is 6.58. The number of imidazole rings is 1. The molecule has 8 heteroatoms. The minimum absolute atomic E-state index is 0.234. The zero-order valence-electron chi connectivity index (χ0n) is 8.73. The van der Waals surface area contributed by atoms with E-state index in [9.17, 15) is 13.2 Å². The van der Waals surface area contributed by atoms with Gasteiger partial charge >= 0.3 is 13.3 Å². The topological polar surface area (TPSA) is 57.8 Å². The Morgan fingerprint density at radius 3 is 2.47 bits per heavy atom. The Bertz CT molecular complexity index is 565. The van der Waals surface area contributed by atoms with Gasteiger partial charge in [-0.05, 0) is 18.5 Å². The summed E-state index contributed by atoms with van der Waals surface area (Å²) < 4.78 is 39.4. The van der Waals surface area contributed by atoms with Crippen LogP contribution < -0.4 is 5.46 Å². The molecule has 90 valence electrons. The predicted molar refractivity (Wildman–Crippen MR) is 54.8 cm³/mol. The molecule has 2 heterocycles. The third kappa shape index (κ3) is 2.13. The number of hydrogen-bond acceptors (Lipinski definition) is 3. The van der Waals surface area contributed by atoms with Gasteiger partial charge in [0.1, 0.15) is 5.65 Å². The molecule has 0 fully saturated rings. The van der Waals surface area contributed by atoms with Crippen molar-refractivity contribution in [3.63, 3.8) is 0 Å². The average molecular weight is 244 g/mol. The van der Waals surface area contributed by atoms with Crippen molar-refractivity contribution >= 4 is 18.2 Å². The zero-order valence-corrected chi connectivity index (χ0v) is 8.73. The summed E-state index contributed by atoms with van der Waals surface area (Å²) in [6, 6.07) is 0.687. The Kier molecular flexibility index (Phi) is 2.63. The molecule has 2 rings (SSSR count). The maximum absolute atomic E-state index is 12.8. The number of alkyl halides is 3. The van der Waals surface area contributed by atoms with Gasteiger partial charge < -0.3 is 14.4 Å². The van der Waals surface area contributed by atoms with Crippen LogP contribution in [0.25, 0.3) is 5.65 Å². The normalized spacial score (nSPS) is 12.1. The first-order valence-corrected chi connectivity index (χ1v) is 4.71.